The highest BCUT2D eigenvalue weighted by Gasteiger charge is 2.03. The standard InChI is InChI=1S/C17H24N4O2/c1-2-16(22)7-8-19-17(23)20-11-14-3-5-15(6-4-14)12-21-10-9-18-13-21/h3-6,9-10,13,16,22H,2,7-8,11-12H2,1H3,(H2,19,20,23). The van der Waals surface area contributed by atoms with E-state index in [1.807, 2.05) is 42.0 Å². The number of hydrogen-bond donors (Lipinski definition) is 3. The van der Waals surface area contributed by atoms with Crippen LogP contribution in [0.15, 0.2) is 43.0 Å². The van der Waals surface area contributed by atoms with Crippen LogP contribution in [-0.4, -0.2) is 33.3 Å². The smallest absolute Gasteiger partial charge is 0.315 e. The molecule has 1 heterocycles. The number of nitrogens with one attached hydrogen (secondary N) is 2. The third-order valence-corrected chi connectivity index (χ3v) is 3.63. The van der Waals surface area contributed by atoms with Gasteiger partial charge in [-0.15, -0.1) is 0 Å². The first-order valence-electron chi connectivity index (χ1n) is 7.90. The zero-order chi connectivity index (χ0) is 16.5. The molecule has 0 aliphatic carbocycles. The second-order valence-corrected chi connectivity index (χ2v) is 5.51. The van der Waals surface area contributed by atoms with Crippen molar-refractivity contribution in [3.63, 3.8) is 0 Å². The molecule has 6 heteroatoms. The molecule has 1 aromatic heterocycles. The summed E-state index contributed by atoms with van der Waals surface area (Å²) in [5.74, 6) is 0. The lowest BCUT2D eigenvalue weighted by Crippen LogP contribution is -2.36. The summed E-state index contributed by atoms with van der Waals surface area (Å²) in [4.78, 5) is 15.7. The van der Waals surface area contributed by atoms with Gasteiger partial charge in [0.25, 0.3) is 0 Å². The lowest BCUT2D eigenvalue weighted by molar-refractivity contribution is 0.160. The van der Waals surface area contributed by atoms with Gasteiger partial charge in [0, 0.05) is 32.0 Å². The number of aliphatic hydroxyl groups excluding tert-OH is 1. The maximum Gasteiger partial charge on any atom is 0.315 e. The van der Waals surface area contributed by atoms with E-state index in [4.69, 9.17) is 0 Å². The minimum Gasteiger partial charge on any atom is -0.393 e. The molecular weight excluding hydrogens is 292 g/mol. The van der Waals surface area contributed by atoms with Crippen LogP contribution < -0.4 is 10.6 Å². The number of carbonyl (C=O) groups is 1. The van der Waals surface area contributed by atoms with Crippen LogP contribution >= 0.6 is 0 Å². The second-order valence-electron chi connectivity index (χ2n) is 5.51. The number of amides is 2. The molecule has 0 radical (unpaired) electrons. The minimum atomic E-state index is -0.349. The third kappa shape index (κ3) is 6.12. The summed E-state index contributed by atoms with van der Waals surface area (Å²) < 4.78 is 2.01. The SMILES string of the molecule is CCC(O)CCNC(=O)NCc1ccc(Cn2ccnc2)cc1. The van der Waals surface area contributed by atoms with E-state index >= 15 is 0 Å². The average Bonchev–Trinajstić information content (AvgIpc) is 3.07. The summed E-state index contributed by atoms with van der Waals surface area (Å²) in [5, 5.41) is 15.0. The van der Waals surface area contributed by atoms with Crippen molar-refractivity contribution < 1.29 is 9.90 Å². The van der Waals surface area contributed by atoms with Gasteiger partial charge in [-0.25, -0.2) is 9.78 Å². The quantitative estimate of drug-likeness (QED) is 0.696. The van der Waals surface area contributed by atoms with Crippen molar-refractivity contribution in [3.8, 4) is 0 Å². The summed E-state index contributed by atoms with van der Waals surface area (Å²) in [6.07, 6.45) is 6.40. The summed E-state index contributed by atoms with van der Waals surface area (Å²) >= 11 is 0. The molecule has 0 saturated heterocycles. The summed E-state index contributed by atoms with van der Waals surface area (Å²) in [5.41, 5.74) is 2.23. The first kappa shape index (κ1) is 17.0. The number of carbonyl (C=O) groups excluding carboxylic acids is 1. The lowest BCUT2D eigenvalue weighted by Gasteiger charge is -2.10. The third-order valence-electron chi connectivity index (χ3n) is 3.63. The first-order chi connectivity index (χ1) is 11.2. The zero-order valence-electron chi connectivity index (χ0n) is 13.4. The Kier molecular flexibility index (Phi) is 6.62. The van der Waals surface area contributed by atoms with Crippen LogP contribution in [0.3, 0.4) is 0 Å². The monoisotopic (exact) mass is 316 g/mol. The van der Waals surface area contributed by atoms with Gasteiger partial charge in [0.1, 0.15) is 0 Å². The van der Waals surface area contributed by atoms with E-state index in [1.165, 1.54) is 5.56 Å². The molecule has 1 aromatic carbocycles. The van der Waals surface area contributed by atoms with Crippen molar-refractivity contribution in [1.29, 1.82) is 0 Å². The Bertz CT molecular complexity index is 581. The van der Waals surface area contributed by atoms with Crippen molar-refractivity contribution in [3.05, 3.63) is 54.1 Å². The van der Waals surface area contributed by atoms with Gasteiger partial charge >= 0.3 is 6.03 Å². The maximum absolute atomic E-state index is 11.7. The summed E-state index contributed by atoms with van der Waals surface area (Å²) in [7, 11) is 0. The topological polar surface area (TPSA) is 79.2 Å². The van der Waals surface area contributed by atoms with Gasteiger partial charge in [-0.05, 0) is 24.0 Å². The molecule has 124 valence electrons. The zero-order valence-corrected chi connectivity index (χ0v) is 13.4. The van der Waals surface area contributed by atoms with Gasteiger partial charge in [-0.2, -0.15) is 0 Å². The molecule has 0 saturated carbocycles. The molecule has 2 amide bonds. The first-order valence-corrected chi connectivity index (χ1v) is 7.90. The predicted octanol–water partition coefficient (Wildman–Crippen LogP) is 1.89. The maximum atomic E-state index is 11.7. The molecule has 0 spiro atoms. The van der Waals surface area contributed by atoms with Crippen LogP contribution in [0.5, 0.6) is 0 Å². The number of aromatic nitrogens is 2. The fourth-order valence-electron chi connectivity index (χ4n) is 2.15. The molecule has 1 atom stereocenters. The Hall–Kier alpha value is -2.34. The van der Waals surface area contributed by atoms with E-state index in [9.17, 15) is 9.90 Å². The Labute approximate surface area is 136 Å². The molecule has 2 aromatic rings. The molecule has 0 aliphatic rings. The Morgan fingerprint density at radius 2 is 2.00 bits per heavy atom. The van der Waals surface area contributed by atoms with E-state index < -0.39 is 0 Å². The van der Waals surface area contributed by atoms with E-state index in [0.717, 1.165) is 12.1 Å². The molecule has 3 N–H and O–H groups in total. The Morgan fingerprint density at radius 3 is 2.65 bits per heavy atom. The predicted molar refractivity (Wildman–Crippen MR) is 88.9 cm³/mol. The Morgan fingerprint density at radius 1 is 1.26 bits per heavy atom. The fraction of sp³-hybridized carbons (Fsp3) is 0.412. The average molecular weight is 316 g/mol. The number of urea groups is 1. The molecular formula is C17H24N4O2. The molecule has 6 nitrogen and oxygen atoms in total. The van der Waals surface area contributed by atoms with Gasteiger partial charge in [0.15, 0.2) is 0 Å². The molecule has 2 rings (SSSR count). The minimum absolute atomic E-state index is 0.212. The Balaban J connectivity index is 1.70. The number of aliphatic hydroxyl groups is 1. The van der Waals surface area contributed by atoms with Gasteiger partial charge in [-0.1, -0.05) is 31.2 Å². The molecule has 0 aliphatic heterocycles. The largest absolute Gasteiger partial charge is 0.393 e. The summed E-state index contributed by atoms with van der Waals surface area (Å²) in [6.45, 7) is 3.66. The van der Waals surface area contributed by atoms with E-state index in [2.05, 4.69) is 15.6 Å². The molecule has 0 bridgehead atoms. The van der Waals surface area contributed by atoms with E-state index in [-0.39, 0.29) is 12.1 Å². The molecule has 0 fully saturated rings. The normalized spacial score (nSPS) is 11.9. The highest BCUT2D eigenvalue weighted by atomic mass is 16.3. The number of imidazole rings is 1. The van der Waals surface area contributed by atoms with Crippen molar-refractivity contribution in [2.45, 2.75) is 39.0 Å². The van der Waals surface area contributed by atoms with Crippen LogP contribution in [0.1, 0.15) is 30.9 Å². The number of nitrogens with zero attached hydrogens (tertiary/aromatic N) is 2. The number of rotatable bonds is 8. The van der Waals surface area contributed by atoms with E-state index in [1.54, 1.807) is 12.5 Å². The van der Waals surface area contributed by atoms with Crippen molar-refractivity contribution >= 4 is 6.03 Å². The van der Waals surface area contributed by atoms with Crippen LogP contribution in [0.4, 0.5) is 4.79 Å². The second kappa shape index (κ2) is 8.95. The number of hydrogen-bond acceptors (Lipinski definition) is 3. The van der Waals surface area contributed by atoms with Gasteiger partial charge in [-0.3, -0.25) is 0 Å². The molecule has 23 heavy (non-hydrogen) atoms. The summed E-state index contributed by atoms with van der Waals surface area (Å²) in [6, 6.07) is 7.90. The number of benzene rings is 1. The van der Waals surface area contributed by atoms with Gasteiger partial charge < -0.3 is 20.3 Å². The highest BCUT2D eigenvalue weighted by molar-refractivity contribution is 5.73. The van der Waals surface area contributed by atoms with Crippen molar-refractivity contribution in [1.82, 2.24) is 20.2 Å². The lowest BCUT2D eigenvalue weighted by atomic mass is 10.1. The van der Waals surface area contributed by atoms with Crippen molar-refractivity contribution in [2.75, 3.05) is 6.54 Å². The van der Waals surface area contributed by atoms with Gasteiger partial charge in [0.2, 0.25) is 0 Å². The van der Waals surface area contributed by atoms with Crippen LogP contribution in [0.2, 0.25) is 0 Å². The van der Waals surface area contributed by atoms with Gasteiger partial charge in [0.05, 0.1) is 12.4 Å². The van der Waals surface area contributed by atoms with E-state index in [0.29, 0.717) is 25.9 Å². The van der Waals surface area contributed by atoms with Crippen LogP contribution in [0, 0.1) is 0 Å². The van der Waals surface area contributed by atoms with Crippen molar-refractivity contribution in [2.24, 2.45) is 0 Å². The molecule has 1 unspecified atom stereocenters. The highest BCUT2D eigenvalue weighted by Crippen LogP contribution is 2.06. The fourth-order valence-corrected chi connectivity index (χ4v) is 2.15. The van der Waals surface area contributed by atoms with Crippen LogP contribution in [-0.2, 0) is 13.1 Å². The van der Waals surface area contributed by atoms with Crippen LogP contribution in [0.25, 0.3) is 0 Å².